The van der Waals surface area contributed by atoms with E-state index < -0.39 is 22.7 Å². The van der Waals surface area contributed by atoms with Gasteiger partial charge in [-0.1, -0.05) is 32.1 Å². The van der Waals surface area contributed by atoms with Crippen LogP contribution in [0, 0.1) is 14.8 Å². The molecule has 25 heavy (non-hydrogen) atoms. The van der Waals surface area contributed by atoms with E-state index in [-0.39, 0.29) is 5.69 Å². The van der Waals surface area contributed by atoms with Crippen molar-refractivity contribution in [3.05, 3.63) is 62.9 Å². The predicted octanol–water partition coefficient (Wildman–Crippen LogP) is 4.03. The van der Waals surface area contributed by atoms with Crippen LogP contribution in [-0.4, -0.2) is 26.3 Å². The quantitative estimate of drug-likeness (QED) is 0.506. The summed E-state index contributed by atoms with van der Waals surface area (Å²) in [6.07, 6.45) is 2.13. The number of aliphatic hydroxyl groups excluding tert-OH is 1. The summed E-state index contributed by atoms with van der Waals surface area (Å²) >= 11 is 5.42. The van der Waals surface area contributed by atoms with E-state index in [1.54, 1.807) is 22.9 Å². The molecule has 1 aromatic heterocycles. The highest BCUT2D eigenvalue weighted by atomic mass is 32.1. The summed E-state index contributed by atoms with van der Waals surface area (Å²) in [5.41, 5.74) is -0.234. The topological polar surface area (TPSA) is 77.5 Å². The summed E-state index contributed by atoms with van der Waals surface area (Å²) in [5, 5.41) is 22.4. The van der Waals surface area contributed by atoms with Crippen molar-refractivity contribution in [3.63, 3.8) is 0 Å². The third kappa shape index (κ3) is 2.83. The number of nitro groups is 1. The smallest absolute Gasteiger partial charge is 0.270 e. The predicted molar refractivity (Wildman–Crippen MR) is 96.4 cm³/mol. The molecule has 0 radical (unpaired) electrons. The summed E-state index contributed by atoms with van der Waals surface area (Å²) < 4.78 is 8.47. The third-order valence-electron chi connectivity index (χ3n) is 5.02. The fraction of sp³-hybridized carbons (Fsp3) is 0.389. The molecule has 1 aliphatic rings. The Labute approximate surface area is 150 Å². The molecule has 0 amide bonds. The molecular formula is C18H20N2O4S. The van der Waals surface area contributed by atoms with Gasteiger partial charge >= 0.3 is 0 Å². The van der Waals surface area contributed by atoms with Gasteiger partial charge in [0.15, 0.2) is 0 Å². The summed E-state index contributed by atoms with van der Waals surface area (Å²) in [6.45, 7) is 3.93. The molecule has 0 spiro atoms. The fourth-order valence-electron chi connectivity index (χ4n) is 3.49. The lowest BCUT2D eigenvalue weighted by Gasteiger charge is -2.46. The number of fused-ring (bicyclic) bond motifs is 1. The van der Waals surface area contributed by atoms with Crippen molar-refractivity contribution in [2.75, 3.05) is 0 Å². The van der Waals surface area contributed by atoms with E-state index >= 15 is 0 Å². The number of nitro benzene ring substituents is 1. The Bertz CT molecular complexity index is 860. The zero-order valence-corrected chi connectivity index (χ0v) is 14.9. The first-order chi connectivity index (χ1) is 11.9. The van der Waals surface area contributed by atoms with Crippen LogP contribution in [0.5, 0.6) is 5.75 Å². The molecule has 132 valence electrons. The highest BCUT2D eigenvalue weighted by molar-refractivity contribution is 7.71. The Morgan fingerprint density at radius 2 is 2.04 bits per heavy atom. The molecule has 0 saturated carbocycles. The zero-order chi connectivity index (χ0) is 18.2. The standard InChI is InChI=1S/C18H20N2O4S/c1-3-18(4-2)17(21)16(19-10-6-5-7-15(19)25)13-11-12(20(22)23)8-9-14(13)24-18/h5-11,16-17,21H,3-4H2,1-2H3. The maximum Gasteiger partial charge on any atom is 0.270 e. The molecule has 2 atom stereocenters. The average Bonchev–Trinajstić information content (AvgIpc) is 2.62. The summed E-state index contributed by atoms with van der Waals surface area (Å²) in [5.74, 6) is 0.551. The molecule has 6 nitrogen and oxygen atoms in total. The van der Waals surface area contributed by atoms with Crippen LogP contribution < -0.4 is 4.74 Å². The van der Waals surface area contributed by atoms with Crippen molar-refractivity contribution in [1.82, 2.24) is 4.57 Å². The highest BCUT2D eigenvalue weighted by Crippen LogP contribution is 2.45. The van der Waals surface area contributed by atoms with Crippen LogP contribution in [0.4, 0.5) is 5.69 Å². The van der Waals surface area contributed by atoms with Gasteiger partial charge in [-0.3, -0.25) is 10.1 Å². The van der Waals surface area contributed by atoms with Crippen molar-refractivity contribution < 1.29 is 14.8 Å². The molecule has 0 saturated heterocycles. The number of rotatable bonds is 4. The van der Waals surface area contributed by atoms with Crippen molar-refractivity contribution in [2.45, 2.75) is 44.4 Å². The Morgan fingerprint density at radius 3 is 2.64 bits per heavy atom. The second-order valence-corrected chi connectivity index (χ2v) is 6.61. The first kappa shape index (κ1) is 17.6. The lowest BCUT2D eigenvalue weighted by Crippen LogP contribution is -2.54. The van der Waals surface area contributed by atoms with Gasteiger partial charge in [-0.2, -0.15) is 0 Å². The minimum Gasteiger partial charge on any atom is -0.484 e. The average molecular weight is 360 g/mol. The van der Waals surface area contributed by atoms with Crippen LogP contribution in [0.3, 0.4) is 0 Å². The number of benzene rings is 1. The maximum absolute atomic E-state index is 11.2. The van der Waals surface area contributed by atoms with E-state index in [1.165, 1.54) is 12.1 Å². The second kappa shape index (κ2) is 6.57. The molecule has 0 aliphatic carbocycles. The third-order valence-corrected chi connectivity index (χ3v) is 5.37. The number of pyridine rings is 1. The van der Waals surface area contributed by atoms with Gasteiger partial charge in [0.25, 0.3) is 5.69 Å². The summed E-state index contributed by atoms with van der Waals surface area (Å²) in [7, 11) is 0. The van der Waals surface area contributed by atoms with Gasteiger partial charge in [0.05, 0.1) is 11.0 Å². The molecule has 2 unspecified atom stereocenters. The highest BCUT2D eigenvalue weighted by Gasteiger charge is 2.48. The Kier molecular flexibility index (Phi) is 4.62. The van der Waals surface area contributed by atoms with E-state index in [0.29, 0.717) is 28.8 Å². The van der Waals surface area contributed by atoms with Crippen molar-refractivity contribution in [2.24, 2.45) is 0 Å². The molecule has 0 bridgehead atoms. The van der Waals surface area contributed by atoms with Crippen LogP contribution in [0.1, 0.15) is 38.3 Å². The van der Waals surface area contributed by atoms with Gasteiger partial charge in [-0.15, -0.1) is 0 Å². The van der Waals surface area contributed by atoms with Gasteiger partial charge in [0.2, 0.25) is 0 Å². The molecule has 2 heterocycles. The molecule has 3 rings (SSSR count). The minimum atomic E-state index is -0.883. The number of ether oxygens (including phenoxy) is 1. The van der Waals surface area contributed by atoms with Crippen LogP contribution >= 0.6 is 12.2 Å². The largest absolute Gasteiger partial charge is 0.484 e. The van der Waals surface area contributed by atoms with Crippen molar-refractivity contribution in [3.8, 4) is 5.75 Å². The summed E-state index contributed by atoms with van der Waals surface area (Å²) in [4.78, 5) is 10.7. The van der Waals surface area contributed by atoms with Crippen LogP contribution in [-0.2, 0) is 0 Å². The molecule has 2 aromatic rings. The molecule has 1 aromatic carbocycles. The summed E-state index contributed by atoms with van der Waals surface area (Å²) in [6, 6.07) is 9.38. The molecule has 1 N–H and O–H groups in total. The Morgan fingerprint density at radius 1 is 1.32 bits per heavy atom. The van der Waals surface area contributed by atoms with E-state index in [4.69, 9.17) is 17.0 Å². The number of non-ortho nitro benzene ring substituents is 1. The molecular weight excluding hydrogens is 340 g/mol. The molecule has 0 fully saturated rings. The van der Waals surface area contributed by atoms with E-state index in [1.807, 2.05) is 26.0 Å². The first-order valence-corrected chi connectivity index (χ1v) is 8.67. The number of aromatic nitrogens is 1. The number of hydrogen-bond acceptors (Lipinski definition) is 5. The van der Waals surface area contributed by atoms with Crippen molar-refractivity contribution >= 4 is 17.9 Å². The van der Waals surface area contributed by atoms with Crippen LogP contribution in [0.15, 0.2) is 42.6 Å². The van der Waals surface area contributed by atoms with Gasteiger partial charge in [-0.25, -0.2) is 0 Å². The lowest BCUT2D eigenvalue weighted by molar-refractivity contribution is -0.385. The number of aliphatic hydroxyl groups is 1. The van der Waals surface area contributed by atoms with E-state index in [0.717, 1.165) is 0 Å². The normalized spacial score (nSPS) is 21.2. The number of hydrogen-bond donors (Lipinski definition) is 1. The number of nitrogens with zero attached hydrogens (tertiary/aromatic N) is 2. The van der Waals surface area contributed by atoms with Gasteiger partial charge in [0, 0.05) is 23.9 Å². The monoisotopic (exact) mass is 360 g/mol. The zero-order valence-electron chi connectivity index (χ0n) is 14.1. The second-order valence-electron chi connectivity index (χ2n) is 6.19. The minimum absolute atomic E-state index is 0.0394. The van der Waals surface area contributed by atoms with E-state index in [9.17, 15) is 15.2 Å². The Balaban J connectivity index is 2.27. The fourth-order valence-corrected chi connectivity index (χ4v) is 3.75. The van der Waals surface area contributed by atoms with Crippen LogP contribution in [0.2, 0.25) is 0 Å². The van der Waals surface area contributed by atoms with Crippen molar-refractivity contribution in [1.29, 1.82) is 0 Å². The van der Waals surface area contributed by atoms with Crippen LogP contribution in [0.25, 0.3) is 0 Å². The first-order valence-electron chi connectivity index (χ1n) is 8.26. The Hall–Kier alpha value is -2.25. The van der Waals surface area contributed by atoms with Gasteiger partial charge < -0.3 is 14.4 Å². The molecule has 7 heteroatoms. The maximum atomic E-state index is 11.2. The lowest BCUT2D eigenvalue weighted by atomic mass is 9.80. The SMILES string of the molecule is CCC1(CC)Oc2ccc([N+](=O)[O-])cc2C(n2ccccc2=S)C1O. The van der Waals surface area contributed by atoms with Gasteiger partial charge in [-0.05, 0) is 31.0 Å². The molecule has 1 aliphatic heterocycles. The van der Waals surface area contributed by atoms with E-state index in [2.05, 4.69) is 0 Å². The van der Waals surface area contributed by atoms with Gasteiger partial charge in [0.1, 0.15) is 22.1 Å².